The predicted molar refractivity (Wildman–Crippen MR) is 119 cm³/mol. The van der Waals surface area contributed by atoms with Gasteiger partial charge >= 0.3 is 6.18 Å². The first-order valence-corrected chi connectivity index (χ1v) is 9.58. The fourth-order valence-corrected chi connectivity index (χ4v) is 2.83. The number of para-hydroxylation sites is 1. The van der Waals surface area contributed by atoms with Crippen LogP contribution in [0.3, 0.4) is 0 Å². The summed E-state index contributed by atoms with van der Waals surface area (Å²) in [5.41, 5.74) is 5.67. The van der Waals surface area contributed by atoms with E-state index in [0.717, 1.165) is 18.2 Å². The number of anilines is 3. The summed E-state index contributed by atoms with van der Waals surface area (Å²) < 4.78 is 53.1. The number of carbonyl (C=O) groups excluding carboxylic acids is 1. The van der Waals surface area contributed by atoms with Gasteiger partial charge in [0.25, 0.3) is 0 Å². The first-order valence-electron chi connectivity index (χ1n) is 9.58. The second-order valence-corrected chi connectivity index (χ2v) is 6.86. The van der Waals surface area contributed by atoms with Crippen molar-refractivity contribution in [3.63, 3.8) is 0 Å². The molecule has 33 heavy (non-hydrogen) atoms. The number of rotatable bonds is 6. The monoisotopic (exact) mass is 454 g/mol. The number of halogens is 4. The maximum atomic E-state index is 13.8. The van der Waals surface area contributed by atoms with Crippen LogP contribution in [0.15, 0.2) is 60.7 Å². The van der Waals surface area contributed by atoms with Gasteiger partial charge < -0.3 is 16.4 Å². The summed E-state index contributed by atoms with van der Waals surface area (Å²) in [5.74, 6) is 0.944. The van der Waals surface area contributed by atoms with E-state index in [1.807, 2.05) is 0 Å². The zero-order chi connectivity index (χ0) is 24.0. The topological polar surface area (TPSA) is 80.0 Å². The third-order valence-corrected chi connectivity index (χ3v) is 4.48. The van der Waals surface area contributed by atoms with Gasteiger partial charge in [0, 0.05) is 23.9 Å². The molecule has 3 aromatic rings. The van der Waals surface area contributed by atoms with E-state index in [1.165, 1.54) is 18.2 Å². The van der Waals surface area contributed by atoms with E-state index < -0.39 is 23.6 Å². The number of nitrogen functional groups attached to an aromatic ring is 1. The molecule has 0 radical (unpaired) electrons. The Labute approximate surface area is 187 Å². The molecule has 4 N–H and O–H groups in total. The van der Waals surface area contributed by atoms with Crippen molar-refractivity contribution in [1.29, 1.82) is 0 Å². The number of nitrogens with two attached hydrogens (primary N) is 1. The fraction of sp³-hybridized carbons (Fsp3) is 0.0833. The SMILES string of the molecule is C#Cc1cc(CNC(=O)/C=C/c2ccc(C(F)(F)F)nc2Nc2ccccc2)cc(F)c1N. The van der Waals surface area contributed by atoms with Crippen molar-refractivity contribution in [3.8, 4) is 12.3 Å². The fourth-order valence-electron chi connectivity index (χ4n) is 2.83. The van der Waals surface area contributed by atoms with Crippen LogP contribution in [0.4, 0.5) is 34.8 Å². The summed E-state index contributed by atoms with van der Waals surface area (Å²) in [4.78, 5) is 15.9. The number of alkyl halides is 3. The molecule has 0 saturated carbocycles. The van der Waals surface area contributed by atoms with Crippen LogP contribution in [0.5, 0.6) is 0 Å². The van der Waals surface area contributed by atoms with Gasteiger partial charge in [-0.1, -0.05) is 24.1 Å². The third kappa shape index (κ3) is 6.11. The number of benzene rings is 2. The number of nitrogens with zero attached hydrogens (tertiary/aromatic N) is 1. The largest absolute Gasteiger partial charge is 0.433 e. The molecule has 0 unspecified atom stereocenters. The Kier molecular flexibility index (Phi) is 6.98. The van der Waals surface area contributed by atoms with Crippen molar-refractivity contribution < 1.29 is 22.4 Å². The molecule has 1 amide bonds. The van der Waals surface area contributed by atoms with Crippen molar-refractivity contribution >= 4 is 29.2 Å². The molecule has 168 valence electrons. The van der Waals surface area contributed by atoms with Gasteiger partial charge in [-0.2, -0.15) is 13.2 Å². The van der Waals surface area contributed by atoms with Gasteiger partial charge in [0.1, 0.15) is 17.3 Å². The molecule has 0 fully saturated rings. The van der Waals surface area contributed by atoms with E-state index >= 15 is 0 Å². The van der Waals surface area contributed by atoms with Gasteiger partial charge in [-0.25, -0.2) is 9.37 Å². The molecule has 1 aromatic heterocycles. The van der Waals surface area contributed by atoms with Crippen LogP contribution in [0.2, 0.25) is 0 Å². The minimum atomic E-state index is -4.63. The van der Waals surface area contributed by atoms with Gasteiger partial charge in [-0.05, 0) is 48.0 Å². The third-order valence-electron chi connectivity index (χ3n) is 4.48. The lowest BCUT2D eigenvalue weighted by Gasteiger charge is -2.12. The molecule has 0 bridgehead atoms. The molecular formula is C24H18F4N4O. The van der Waals surface area contributed by atoms with Crippen LogP contribution >= 0.6 is 0 Å². The molecule has 1 heterocycles. The molecule has 5 nitrogen and oxygen atoms in total. The Bertz CT molecular complexity index is 1230. The van der Waals surface area contributed by atoms with Crippen LogP contribution in [0.1, 0.15) is 22.4 Å². The van der Waals surface area contributed by atoms with Crippen LogP contribution < -0.4 is 16.4 Å². The van der Waals surface area contributed by atoms with Crippen molar-refractivity contribution in [2.45, 2.75) is 12.7 Å². The van der Waals surface area contributed by atoms with E-state index in [1.54, 1.807) is 30.3 Å². The van der Waals surface area contributed by atoms with Gasteiger partial charge in [-0.15, -0.1) is 6.42 Å². The minimum Gasteiger partial charge on any atom is -0.395 e. The van der Waals surface area contributed by atoms with Gasteiger partial charge in [0.15, 0.2) is 0 Å². The second kappa shape index (κ2) is 9.87. The van der Waals surface area contributed by atoms with E-state index in [2.05, 4.69) is 21.5 Å². The minimum absolute atomic E-state index is 0.0323. The lowest BCUT2D eigenvalue weighted by Crippen LogP contribution is -2.20. The highest BCUT2D eigenvalue weighted by molar-refractivity contribution is 5.92. The van der Waals surface area contributed by atoms with Crippen molar-refractivity contribution in [2.24, 2.45) is 0 Å². The lowest BCUT2D eigenvalue weighted by atomic mass is 10.1. The van der Waals surface area contributed by atoms with Crippen molar-refractivity contribution in [1.82, 2.24) is 10.3 Å². The number of hydrogen-bond acceptors (Lipinski definition) is 4. The van der Waals surface area contributed by atoms with Crippen LogP contribution in [0.25, 0.3) is 6.08 Å². The number of hydrogen-bond donors (Lipinski definition) is 3. The van der Waals surface area contributed by atoms with Crippen molar-refractivity contribution in [3.05, 3.63) is 88.9 Å². The number of nitrogens with one attached hydrogen (secondary N) is 2. The number of terminal acetylenes is 1. The standard InChI is InChI=1S/C24H18F4N4O/c1-2-16-12-15(13-19(25)22(16)29)14-30-21(33)11-9-17-8-10-20(24(26,27)28)32-23(17)31-18-6-4-3-5-7-18/h1,3-13H,14,29H2,(H,30,33)(H,31,32)/b11-9+. The molecule has 0 spiro atoms. The zero-order valence-corrected chi connectivity index (χ0v) is 17.1. The zero-order valence-electron chi connectivity index (χ0n) is 17.1. The Morgan fingerprint density at radius 2 is 1.88 bits per heavy atom. The summed E-state index contributed by atoms with van der Waals surface area (Å²) in [6, 6.07) is 13.2. The van der Waals surface area contributed by atoms with Crippen LogP contribution in [0, 0.1) is 18.2 Å². The Balaban J connectivity index is 1.77. The van der Waals surface area contributed by atoms with Gasteiger partial charge in [-0.3, -0.25) is 4.79 Å². The molecule has 0 atom stereocenters. The van der Waals surface area contributed by atoms with E-state index in [9.17, 15) is 22.4 Å². The summed E-state index contributed by atoms with van der Waals surface area (Å²) in [6.07, 6.45) is 3.12. The predicted octanol–water partition coefficient (Wildman–Crippen LogP) is 4.88. The summed E-state index contributed by atoms with van der Waals surface area (Å²) >= 11 is 0. The van der Waals surface area contributed by atoms with Crippen molar-refractivity contribution in [2.75, 3.05) is 11.1 Å². The van der Waals surface area contributed by atoms with E-state index in [-0.39, 0.29) is 29.2 Å². The van der Waals surface area contributed by atoms with Crippen LogP contribution in [-0.4, -0.2) is 10.9 Å². The molecule has 0 aliphatic carbocycles. The van der Waals surface area contributed by atoms with E-state index in [4.69, 9.17) is 12.2 Å². The average Bonchev–Trinajstić information content (AvgIpc) is 2.78. The molecule has 9 heteroatoms. The lowest BCUT2D eigenvalue weighted by molar-refractivity contribution is -0.141. The highest BCUT2D eigenvalue weighted by atomic mass is 19.4. The second-order valence-electron chi connectivity index (χ2n) is 6.86. The molecular weight excluding hydrogens is 436 g/mol. The highest BCUT2D eigenvalue weighted by Gasteiger charge is 2.33. The number of aromatic nitrogens is 1. The molecule has 2 aromatic carbocycles. The Morgan fingerprint density at radius 1 is 1.15 bits per heavy atom. The molecule has 0 aliphatic heterocycles. The first-order chi connectivity index (χ1) is 15.7. The smallest absolute Gasteiger partial charge is 0.395 e. The van der Waals surface area contributed by atoms with Gasteiger partial charge in [0.05, 0.1) is 11.3 Å². The quantitative estimate of drug-likeness (QED) is 0.215. The van der Waals surface area contributed by atoms with Crippen LogP contribution in [-0.2, 0) is 17.5 Å². The summed E-state index contributed by atoms with van der Waals surface area (Å²) in [7, 11) is 0. The Morgan fingerprint density at radius 3 is 2.55 bits per heavy atom. The molecule has 3 rings (SSSR count). The average molecular weight is 454 g/mol. The Hall–Kier alpha value is -4.32. The first kappa shape index (κ1) is 23.3. The maximum absolute atomic E-state index is 13.8. The highest BCUT2D eigenvalue weighted by Crippen LogP contribution is 2.31. The molecule has 0 aliphatic rings. The number of carbonyl (C=O) groups is 1. The molecule has 0 saturated heterocycles. The van der Waals surface area contributed by atoms with Gasteiger partial charge in [0.2, 0.25) is 5.91 Å². The normalized spacial score (nSPS) is 11.2. The number of pyridine rings is 1. The number of amides is 1. The summed E-state index contributed by atoms with van der Waals surface area (Å²) in [6.45, 7) is -0.0323. The summed E-state index contributed by atoms with van der Waals surface area (Å²) in [5, 5.41) is 5.37. The van der Waals surface area contributed by atoms with E-state index in [0.29, 0.717) is 11.3 Å². The maximum Gasteiger partial charge on any atom is 0.433 e.